The largest absolute Gasteiger partial charge is 0.459 e. The molecule has 6 nitrogen and oxygen atoms in total. The first-order valence-electron chi connectivity index (χ1n) is 9.11. The van der Waals surface area contributed by atoms with Gasteiger partial charge in [0.05, 0.1) is 17.0 Å². The Bertz CT molecular complexity index is 797. The lowest BCUT2D eigenvalue weighted by molar-refractivity contribution is -0.132. The zero-order chi connectivity index (χ0) is 19.4. The molecule has 1 aromatic heterocycles. The Labute approximate surface area is 164 Å². The average Bonchev–Trinajstić information content (AvgIpc) is 3.16. The van der Waals surface area contributed by atoms with Crippen LogP contribution in [-0.4, -0.2) is 42.9 Å². The van der Waals surface area contributed by atoms with Crippen LogP contribution in [0.2, 0.25) is 5.02 Å². The van der Waals surface area contributed by atoms with Gasteiger partial charge in [-0.15, -0.1) is 0 Å². The smallest absolute Gasteiger partial charge is 0.291 e. The highest BCUT2D eigenvalue weighted by atomic mass is 35.5. The van der Waals surface area contributed by atoms with Gasteiger partial charge in [-0.1, -0.05) is 25.4 Å². The molecule has 0 aliphatic carbocycles. The van der Waals surface area contributed by atoms with E-state index in [2.05, 4.69) is 24.1 Å². The third-order valence-electron chi connectivity index (χ3n) is 4.51. The van der Waals surface area contributed by atoms with Crippen molar-refractivity contribution in [1.29, 1.82) is 0 Å². The predicted molar refractivity (Wildman–Crippen MR) is 106 cm³/mol. The second kappa shape index (κ2) is 8.48. The fourth-order valence-corrected chi connectivity index (χ4v) is 3.42. The van der Waals surface area contributed by atoms with Crippen LogP contribution in [0.4, 0.5) is 11.4 Å². The molecule has 2 heterocycles. The summed E-state index contributed by atoms with van der Waals surface area (Å²) in [6.45, 7) is 6.97. The van der Waals surface area contributed by atoms with Gasteiger partial charge in [-0.25, -0.2) is 0 Å². The van der Waals surface area contributed by atoms with Crippen LogP contribution in [0, 0.1) is 5.92 Å². The number of furan rings is 1. The second-order valence-corrected chi connectivity index (χ2v) is 7.47. The molecular formula is C20H24ClN3O3. The number of piperazine rings is 1. The maximum Gasteiger partial charge on any atom is 0.291 e. The molecule has 1 N–H and O–H groups in total. The summed E-state index contributed by atoms with van der Waals surface area (Å²) >= 11 is 6.44. The first-order valence-corrected chi connectivity index (χ1v) is 9.49. The lowest BCUT2D eigenvalue weighted by atomic mass is 10.1. The zero-order valence-corrected chi connectivity index (χ0v) is 16.3. The number of nitrogens with zero attached hydrogens (tertiary/aromatic N) is 2. The molecule has 1 saturated heterocycles. The van der Waals surface area contributed by atoms with Gasteiger partial charge in [0.2, 0.25) is 5.91 Å². The van der Waals surface area contributed by atoms with Gasteiger partial charge in [-0.2, -0.15) is 0 Å². The molecule has 0 saturated carbocycles. The third-order valence-corrected chi connectivity index (χ3v) is 4.81. The quantitative estimate of drug-likeness (QED) is 0.842. The Balaban J connectivity index is 1.60. The maximum absolute atomic E-state index is 12.2. The Morgan fingerprint density at radius 1 is 1.19 bits per heavy atom. The van der Waals surface area contributed by atoms with Crippen molar-refractivity contribution in [3.05, 3.63) is 47.4 Å². The van der Waals surface area contributed by atoms with Gasteiger partial charge in [0.25, 0.3) is 5.91 Å². The molecule has 2 aromatic rings. The SMILES string of the molecule is CC(C)CC(=O)N1CCN(c2ccc(NC(=O)c3ccco3)cc2Cl)CC1. The molecule has 0 bridgehead atoms. The van der Waals surface area contributed by atoms with E-state index in [0.29, 0.717) is 36.1 Å². The minimum Gasteiger partial charge on any atom is -0.459 e. The molecule has 0 radical (unpaired) electrons. The van der Waals surface area contributed by atoms with Crippen LogP contribution in [0.25, 0.3) is 0 Å². The Kier molecular flexibility index (Phi) is 6.06. The fourth-order valence-electron chi connectivity index (χ4n) is 3.12. The Morgan fingerprint density at radius 2 is 1.93 bits per heavy atom. The molecule has 27 heavy (non-hydrogen) atoms. The molecule has 1 aliphatic rings. The number of amides is 2. The van der Waals surface area contributed by atoms with Gasteiger partial charge in [0.1, 0.15) is 0 Å². The summed E-state index contributed by atoms with van der Waals surface area (Å²) in [6.07, 6.45) is 2.04. The Morgan fingerprint density at radius 3 is 2.52 bits per heavy atom. The van der Waals surface area contributed by atoms with Crippen molar-refractivity contribution in [1.82, 2.24) is 4.90 Å². The molecule has 1 aliphatic heterocycles. The van der Waals surface area contributed by atoms with Crippen LogP contribution in [0.1, 0.15) is 30.8 Å². The lowest BCUT2D eigenvalue weighted by Gasteiger charge is -2.36. The molecule has 3 rings (SSSR count). The van der Waals surface area contributed by atoms with Crippen LogP contribution >= 0.6 is 11.6 Å². The molecule has 0 unspecified atom stereocenters. The van der Waals surface area contributed by atoms with Crippen LogP contribution in [0.3, 0.4) is 0 Å². The zero-order valence-electron chi connectivity index (χ0n) is 15.6. The molecule has 1 fully saturated rings. The van der Waals surface area contributed by atoms with E-state index in [-0.39, 0.29) is 17.6 Å². The molecule has 0 atom stereocenters. The van der Waals surface area contributed by atoms with Crippen LogP contribution in [-0.2, 0) is 4.79 Å². The summed E-state index contributed by atoms with van der Waals surface area (Å²) in [5.41, 5.74) is 1.51. The lowest BCUT2D eigenvalue weighted by Crippen LogP contribution is -2.49. The average molecular weight is 390 g/mol. The molecule has 144 valence electrons. The van der Waals surface area contributed by atoms with Crippen molar-refractivity contribution in [2.75, 3.05) is 36.4 Å². The Hall–Kier alpha value is -2.47. The summed E-state index contributed by atoms with van der Waals surface area (Å²) in [5, 5.41) is 3.33. The number of hydrogen-bond donors (Lipinski definition) is 1. The van der Waals surface area contributed by atoms with Crippen LogP contribution < -0.4 is 10.2 Å². The summed E-state index contributed by atoms with van der Waals surface area (Å²) in [4.78, 5) is 28.3. The topological polar surface area (TPSA) is 65.8 Å². The molecule has 0 spiro atoms. The highest BCUT2D eigenvalue weighted by molar-refractivity contribution is 6.33. The van der Waals surface area contributed by atoms with E-state index in [1.54, 1.807) is 18.2 Å². The molecule has 7 heteroatoms. The number of anilines is 2. The van der Waals surface area contributed by atoms with E-state index in [9.17, 15) is 9.59 Å². The highest BCUT2D eigenvalue weighted by Crippen LogP contribution is 2.30. The number of carbonyl (C=O) groups is 2. The van der Waals surface area contributed by atoms with Gasteiger partial charge in [-0.3, -0.25) is 9.59 Å². The van der Waals surface area contributed by atoms with Gasteiger partial charge in [0.15, 0.2) is 5.76 Å². The fraction of sp³-hybridized carbons (Fsp3) is 0.400. The minimum absolute atomic E-state index is 0.215. The van der Waals surface area contributed by atoms with E-state index in [1.165, 1.54) is 6.26 Å². The normalized spacial score (nSPS) is 14.5. The number of benzene rings is 1. The molecule has 2 amide bonds. The number of rotatable bonds is 5. The summed E-state index contributed by atoms with van der Waals surface area (Å²) in [7, 11) is 0. The van der Waals surface area contributed by atoms with Crippen LogP contribution in [0.5, 0.6) is 0 Å². The van der Waals surface area contributed by atoms with Crippen molar-refractivity contribution in [3.8, 4) is 0 Å². The number of carbonyl (C=O) groups excluding carboxylic acids is 2. The van der Waals surface area contributed by atoms with E-state index < -0.39 is 0 Å². The van der Waals surface area contributed by atoms with Crippen LogP contribution in [0.15, 0.2) is 41.0 Å². The van der Waals surface area contributed by atoms with E-state index in [4.69, 9.17) is 16.0 Å². The third kappa shape index (κ3) is 4.83. The standard InChI is InChI=1S/C20H24ClN3O3/c1-14(2)12-19(25)24-9-7-23(8-10-24)17-6-5-15(13-16(17)21)22-20(26)18-4-3-11-27-18/h3-6,11,13-14H,7-10,12H2,1-2H3,(H,22,26). The van der Waals surface area contributed by atoms with Crippen molar-refractivity contribution >= 4 is 34.8 Å². The summed E-state index contributed by atoms with van der Waals surface area (Å²) in [5.74, 6) is 0.513. The number of hydrogen-bond acceptors (Lipinski definition) is 4. The second-order valence-electron chi connectivity index (χ2n) is 7.06. The highest BCUT2D eigenvalue weighted by Gasteiger charge is 2.23. The van der Waals surface area contributed by atoms with Crippen molar-refractivity contribution in [3.63, 3.8) is 0 Å². The van der Waals surface area contributed by atoms with Crippen molar-refractivity contribution in [2.45, 2.75) is 20.3 Å². The first kappa shape index (κ1) is 19.3. The monoisotopic (exact) mass is 389 g/mol. The summed E-state index contributed by atoms with van der Waals surface area (Å²) < 4.78 is 5.08. The first-order chi connectivity index (χ1) is 12.9. The number of nitrogens with one attached hydrogen (secondary N) is 1. The van der Waals surface area contributed by atoms with E-state index in [0.717, 1.165) is 18.8 Å². The van der Waals surface area contributed by atoms with E-state index >= 15 is 0 Å². The van der Waals surface area contributed by atoms with E-state index in [1.807, 2.05) is 17.0 Å². The van der Waals surface area contributed by atoms with Gasteiger partial charge < -0.3 is 19.5 Å². The van der Waals surface area contributed by atoms with Gasteiger partial charge in [0, 0.05) is 38.3 Å². The molecular weight excluding hydrogens is 366 g/mol. The van der Waals surface area contributed by atoms with Gasteiger partial charge in [-0.05, 0) is 36.2 Å². The van der Waals surface area contributed by atoms with Crippen molar-refractivity contribution in [2.24, 2.45) is 5.92 Å². The summed E-state index contributed by atoms with van der Waals surface area (Å²) in [6, 6.07) is 8.71. The predicted octanol–water partition coefficient (Wildman–Crippen LogP) is 3.88. The van der Waals surface area contributed by atoms with Crippen molar-refractivity contribution < 1.29 is 14.0 Å². The minimum atomic E-state index is -0.318. The number of halogens is 1. The maximum atomic E-state index is 12.2. The molecule has 1 aromatic carbocycles. The van der Waals surface area contributed by atoms with Gasteiger partial charge >= 0.3 is 0 Å².